The molecule has 0 aliphatic heterocycles. The molecule has 0 saturated heterocycles. The number of nitrogens with zero attached hydrogens (tertiary/aromatic N) is 1. The molecular formula is C11H12BrClN2O. The quantitative estimate of drug-likeness (QED) is 0.866. The minimum Gasteiger partial charge on any atom is -0.325 e. The van der Waals surface area contributed by atoms with Gasteiger partial charge in [0.2, 0.25) is 5.91 Å². The number of carbonyl (C=O) groups is 1. The van der Waals surface area contributed by atoms with Crippen LogP contribution in [0.1, 0.15) is 25.7 Å². The third kappa shape index (κ3) is 2.95. The van der Waals surface area contributed by atoms with Crippen molar-refractivity contribution in [3.05, 3.63) is 21.9 Å². The Labute approximate surface area is 108 Å². The van der Waals surface area contributed by atoms with E-state index in [2.05, 4.69) is 26.2 Å². The molecule has 1 aliphatic carbocycles. The number of halogens is 2. The summed E-state index contributed by atoms with van der Waals surface area (Å²) >= 11 is 9.03. The van der Waals surface area contributed by atoms with E-state index in [-0.39, 0.29) is 5.91 Å². The molecule has 1 heterocycles. The number of rotatable bonds is 3. The van der Waals surface area contributed by atoms with E-state index in [1.807, 2.05) is 0 Å². The first kappa shape index (κ1) is 11.9. The molecule has 1 N–H and O–H groups in total. The van der Waals surface area contributed by atoms with Gasteiger partial charge < -0.3 is 5.32 Å². The van der Waals surface area contributed by atoms with Crippen molar-refractivity contribution in [3.63, 3.8) is 0 Å². The number of hydrogen-bond donors (Lipinski definition) is 1. The Balaban J connectivity index is 1.92. The third-order valence-corrected chi connectivity index (χ3v) is 3.91. The van der Waals surface area contributed by atoms with Crippen molar-refractivity contribution >= 4 is 39.1 Å². The summed E-state index contributed by atoms with van der Waals surface area (Å²) in [4.78, 5) is 15.6. The Hall–Kier alpha value is -0.610. The summed E-state index contributed by atoms with van der Waals surface area (Å²) in [5.41, 5.74) is 0.681. The number of carbonyl (C=O) groups excluding carboxylic acids is 1. The molecule has 0 atom stereocenters. The van der Waals surface area contributed by atoms with E-state index >= 15 is 0 Å². The molecule has 1 fully saturated rings. The van der Waals surface area contributed by atoms with Crippen LogP contribution in [0, 0.1) is 5.92 Å². The van der Waals surface area contributed by atoms with E-state index in [9.17, 15) is 4.79 Å². The fourth-order valence-electron chi connectivity index (χ4n) is 1.66. The maximum Gasteiger partial charge on any atom is 0.224 e. The van der Waals surface area contributed by atoms with Crippen LogP contribution >= 0.6 is 27.5 Å². The first-order chi connectivity index (χ1) is 7.65. The zero-order valence-corrected chi connectivity index (χ0v) is 11.0. The molecule has 1 aromatic rings. The van der Waals surface area contributed by atoms with Gasteiger partial charge in [-0.2, -0.15) is 0 Å². The van der Waals surface area contributed by atoms with E-state index in [1.165, 1.54) is 19.3 Å². The Morgan fingerprint density at radius 2 is 2.38 bits per heavy atom. The third-order valence-electron chi connectivity index (χ3n) is 2.78. The summed E-state index contributed by atoms with van der Waals surface area (Å²) in [5.74, 6) is 0.629. The smallest absolute Gasteiger partial charge is 0.224 e. The average Bonchev–Trinajstić information content (AvgIpc) is 2.18. The normalized spacial score (nSPS) is 15.6. The van der Waals surface area contributed by atoms with Gasteiger partial charge in [0.05, 0.1) is 16.4 Å². The van der Waals surface area contributed by atoms with Gasteiger partial charge >= 0.3 is 0 Å². The second-order valence-electron chi connectivity index (χ2n) is 4.05. The first-order valence-corrected chi connectivity index (χ1v) is 6.43. The molecule has 0 radical (unpaired) electrons. The minimum absolute atomic E-state index is 0.0562. The van der Waals surface area contributed by atoms with Crippen molar-refractivity contribution in [1.29, 1.82) is 0 Å². The molecule has 0 spiro atoms. The van der Waals surface area contributed by atoms with Crippen molar-refractivity contribution in [1.82, 2.24) is 4.98 Å². The number of pyridine rings is 1. The number of aromatic nitrogens is 1. The van der Waals surface area contributed by atoms with Gasteiger partial charge in [0.1, 0.15) is 5.15 Å². The molecule has 1 aliphatic rings. The molecule has 0 bridgehead atoms. The van der Waals surface area contributed by atoms with Crippen LogP contribution in [0.5, 0.6) is 0 Å². The lowest BCUT2D eigenvalue weighted by molar-refractivity contribution is -0.117. The van der Waals surface area contributed by atoms with Crippen molar-refractivity contribution < 1.29 is 4.79 Å². The van der Waals surface area contributed by atoms with Crippen LogP contribution in [0.3, 0.4) is 0 Å². The highest BCUT2D eigenvalue weighted by atomic mass is 79.9. The van der Waals surface area contributed by atoms with E-state index in [4.69, 9.17) is 11.6 Å². The van der Waals surface area contributed by atoms with Gasteiger partial charge in [-0.25, -0.2) is 4.98 Å². The van der Waals surface area contributed by atoms with Crippen LogP contribution in [0.2, 0.25) is 5.15 Å². The summed E-state index contributed by atoms with van der Waals surface area (Å²) in [6.07, 6.45) is 5.78. The fraction of sp³-hybridized carbons (Fsp3) is 0.455. The molecule has 86 valence electrons. The molecule has 16 heavy (non-hydrogen) atoms. The van der Waals surface area contributed by atoms with Gasteiger partial charge in [0.15, 0.2) is 0 Å². The summed E-state index contributed by atoms with van der Waals surface area (Å²) in [6, 6.07) is 1.76. The van der Waals surface area contributed by atoms with E-state index in [0.29, 0.717) is 27.7 Å². The Morgan fingerprint density at radius 1 is 1.62 bits per heavy atom. The van der Waals surface area contributed by atoms with Crippen LogP contribution in [-0.2, 0) is 4.79 Å². The van der Waals surface area contributed by atoms with Crippen LogP contribution < -0.4 is 5.32 Å². The van der Waals surface area contributed by atoms with Crippen molar-refractivity contribution in [2.75, 3.05) is 5.32 Å². The lowest BCUT2D eigenvalue weighted by Gasteiger charge is -2.24. The maximum atomic E-state index is 11.6. The predicted molar refractivity (Wildman–Crippen MR) is 67.5 cm³/mol. The SMILES string of the molecule is O=C(CC1CCC1)Nc1cnc(Cl)c(Br)c1. The number of anilines is 1. The number of amides is 1. The topological polar surface area (TPSA) is 42.0 Å². The Bertz CT molecular complexity index is 407. The highest BCUT2D eigenvalue weighted by Gasteiger charge is 2.20. The summed E-state index contributed by atoms with van der Waals surface area (Å²) in [6.45, 7) is 0. The van der Waals surface area contributed by atoms with E-state index in [1.54, 1.807) is 12.3 Å². The minimum atomic E-state index is 0.0562. The van der Waals surface area contributed by atoms with Crippen LogP contribution in [-0.4, -0.2) is 10.9 Å². The molecule has 0 unspecified atom stereocenters. The average molecular weight is 304 g/mol. The van der Waals surface area contributed by atoms with Crippen LogP contribution in [0.15, 0.2) is 16.7 Å². The van der Waals surface area contributed by atoms with Crippen LogP contribution in [0.25, 0.3) is 0 Å². The van der Waals surface area contributed by atoms with Crippen molar-refractivity contribution in [2.24, 2.45) is 5.92 Å². The fourth-order valence-corrected chi connectivity index (χ4v) is 2.11. The Morgan fingerprint density at radius 3 is 2.94 bits per heavy atom. The molecule has 3 nitrogen and oxygen atoms in total. The maximum absolute atomic E-state index is 11.6. The molecule has 1 saturated carbocycles. The van der Waals surface area contributed by atoms with Gasteiger partial charge in [-0.05, 0) is 40.8 Å². The monoisotopic (exact) mass is 302 g/mol. The van der Waals surface area contributed by atoms with E-state index in [0.717, 1.165) is 0 Å². The summed E-state index contributed by atoms with van der Waals surface area (Å²) in [5, 5.41) is 3.22. The van der Waals surface area contributed by atoms with Crippen LogP contribution in [0.4, 0.5) is 5.69 Å². The zero-order valence-electron chi connectivity index (χ0n) is 8.67. The standard InChI is InChI=1S/C11H12BrClN2O/c12-9-5-8(6-14-11(9)13)15-10(16)4-7-2-1-3-7/h5-7H,1-4H2,(H,15,16). The molecule has 1 aromatic heterocycles. The molecule has 0 aromatic carbocycles. The highest BCUT2D eigenvalue weighted by molar-refractivity contribution is 9.10. The first-order valence-electron chi connectivity index (χ1n) is 5.26. The number of nitrogens with one attached hydrogen (secondary N) is 1. The van der Waals surface area contributed by atoms with Gasteiger partial charge in [-0.15, -0.1) is 0 Å². The molecular weight excluding hydrogens is 291 g/mol. The molecule has 1 amide bonds. The lowest BCUT2D eigenvalue weighted by Crippen LogP contribution is -2.20. The second-order valence-corrected chi connectivity index (χ2v) is 5.26. The zero-order chi connectivity index (χ0) is 11.5. The molecule has 2 rings (SSSR count). The van der Waals surface area contributed by atoms with Crippen molar-refractivity contribution in [3.8, 4) is 0 Å². The van der Waals surface area contributed by atoms with Gasteiger partial charge in [-0.1, -0.05) is 18.0 Å². The van der Waals surface area contributed by atoms with E-state index < -0.39 is 0 Å². The predicted octanol–water partition coefficient (Wildman–Crippen LogP) is 3.63. The highest BCUT2D eigenvalue weighted by Crippen LogP contribution is 2.30. The van der Waals surface area contributed by atoms with Crippen molar-refractivity contribution in [2.45, 2.75) is 25.7 Å². The summed E-state index contributed by atoms with van der Waals surface area (Å²) < 4.78 is 0.690. The molecule has 5 heteroatoms. The largest absolute Gasteiger partial charge is 0.325 e. The Kier molecular flexibility index (Phi) is 3.82. The lowest BCUT2D eigenvalue weighted by atomic mass is 9.83. The second kappa shape index (κ2) is 5.15. The summed E-state index contributed by atoms with van der Waals surface area (Å²) in [7, 11) is 0. The van der Waals surface area contributed by atoms with Gasteiger partial charge in [0, 0.05) is 6.42 Å². The number of hydrogen-bond acceptors (Lipinski definition) is 2. The van der Waals surface area contributed by atoms with Gasteiger partial charge in [0.25, 0.3) is 0 Å². The van der Waals surface area contributed by atoms with Gasteiger partial charge in [-0.3, -0.25) is 4.79 Å².